The largest absolute Gasteiger partial charge is 0.508 e. The molecule has 0 radical (unpaired) electrons. The molecule has 0 fully saturated rings. The topological polar surface area (TPSA) is 42.4 Å². The third-order valence-electron chi connectivity index (χ3n) is 2.83. The van der Waals surface area contributed by atoms with E-state index in [9.17, 15) is 5.11 Å². The minimum atomic E-state index is 0.258. The Balaban J connectivity index is 0.000000861. The fraction of sp³-hybridized carbons (Fsp3) is 0.438. The highest BCUT2D eigenvalue weighted by Crippen LogP contribution is 2.27. The zero-order valence-electron chi connectivity index (χ0n) is 12.2. The number of ether oxygens (including phenoxy) is 1. The van der Waals surface area contributed by atoms with Gasteiger partial charge in [-0.2, -0.15) is 0 Å². The van der Waals surface area contributed by atoms with Crippen molar-refractivity contribution in [3.8, 4) is 11.5 Å². The standard InChI is InChI=1S/C14H17NO2.C2H6/c1-3-4-7-17-14-9-15-13-6-5-11(16)8-12(13)10(14)2;1-2/h5-6,8-9,16H,3-4,7H2,1-2H3;1-2H3. The van der Waals surface area contributed by atoms with E-state index in [0.717, 1.165) is 35.1 Å². The normalized spacial score (nSPS) is 9.89. The molecule has 0 aliphatic heterocycles. The number of nitrogens with zero attached hydrogens (tertiary/aromatic N) is 1. The van der Waals surface area contributed by atoms with E-state index in [1.165, 1.54) is 0 Å². The highest BCUT2D eigenvalue weighted by atomic mass is 16.5. The van der Waals surface area contributed by atoms with Crippen LogP contribution in [0.3, 0.4) is 0 Å². The lowest BCUT2D eigenvalue weighted by molar-refractivity contribution is 0.307. The molecule has 1 N–H and O–H groups in total. The number of hydrogen-bond acceptors (Lipinski definition) is 3. The minimum absolute atomic E-state index is 0.258. The lowest BCUT2D eigenvalue weighted by Crippen LogP contribution is -1.99. The molecule has 1 aromatic carbocycles. The minimum Gasteiger partial charge on any atom is -0.508 e. The predicted molar refractivity (Wildman–Crippen MR) is 79.9 cm³/mol. The molecule has 0 bridgehead atoms. The summed E-state index contributed by atoms with van der Waals surface area (Å²) in [5, 5.41) is 10.4. The summed E-state index contributed by atoms with van der Waals surface area (Å²) in [7, 11) is 0. The molecule has 1 heterocycles. The van der Waals surface area contributed by atoms with Crippen molar-refractivity contribution in [3.63, 3.8) is 0 Å². The summed E-state index contributed by atoms with van der Waals surface area (Å²) in [6, 6.07) is 5.18. The zero-order chi connectivity index (χ0) is 14.3. The first-order chi connectivity index (χ1) is 9.22. The Morgan fingerprint density at radius 1 is 1.26 bits per heavy atom. The first-order valence-corrected chi connectivity index (χ1v) is 6.93. The fourth-order valence-corrected chi connectivity index (χ4v) is 1.77. The number of fused-ring (bicyclic) bond motifs is 1. The molecule has 104 valence electrons. The maximum Gasteiger partial charge on any atom is 0.141 e. The third kappa shape index (κ3) is 3.85. The summed E-state index contributed by atoms with van der Waals surface area (Å²) in [5.74, 6) is 1.06. The van der Waals surface area contributed by atoms with Crippen molar-refractivity contribution in [1.82, 2.24) is 4.98 Å². The Morgan fingerprint density at radius 2 is 2.00 bits per heavy atom. The van der Waals surface area contributed by atoms with Gasteiger partial charge in [0.1, 0.15) is 11.5 Å². The van der Waals surface area contributed by atoms with Crippen molar-refractivity contribution in [2.24, 2.45) is 0 Å². The van der Waals surface area contributed by atoms with Crippen molar-refractivity contribution in [3.05, 3.63) is 30.0 Å². The van der Waals surface area contributed by atoms with Crippen molar-refractivity contribution in [1.29, 1.82) is 0 Å². The smallest absolute Gasteiger partial charge is 0.141 e. The monoisotopic (exact) mass is 261 g/mol. The van der Waals surface area contributed by atoms with Crippen LogP contribution < -0.4 is 4.74 Å². The maximum atomic E-state index is 9.49. The average molecular weight is 261 g/mol. The number of benzene rings is 1. The van der Waals surface area contributed by atoms with Gasteiger partial charge in [-0.3, -0.25) is 4.98 Å². The maximum absolute atomic E-state index is 9.49. The van der Waals surface area contributed by atoms with Crippen LogP contribution in [0.2, 0.25) is 0 Å². The zero-order valence-corrected chi connectivity index (χ0v) is 12.2. The van der Waals surface area contributed by atoms with E-state index < -0.39 is 0 Å². The van der Waals surface area contributed by atoms with Crippen molar-refractivity contribution in [2.75, 3.05) is 6.61 Å². The summed E-state index contributed by atoms with van der Waals surface area (Å²) >= 11 is 0. The van der Waals surface area contributed by atoms with Gasteiger partial charge < -0.3 is 9.84 Å². The average Bonchev–Trinajstić information content (AvgIpc) is 2.44. The Hall–Kier alpha value is -1.77. The number of rotatable bonds is 4. The van der Waals surface area contributed by atoms with Crippen molar-refractivity contribution >= 4 is 10.9 Å². The van der Waals surface area contributed by atoms with Crippen LogP contribution in [0.1, 0.15) is 39.2 Å². The van der Waals surface area contributed by atoms with Crippen LogP contribution in [0.5, 0.6) is 11.5 Å². The summed E-state index contributed by atoms with van der Waals surface area (Å²) in [5.41, 5.74) is 1.91. The van der Waals surface area contributed by atoms with Crippen LogP contribution >= 0.6 is 0 Å². The number of aromatic nitrogens is 1. The number of pyridine rings is 1. The molecule has 0 amide bonds. The van der Waals surface area contributed by atoms with E-state index in [1.807, 2.05) is 26.8 Å². The van der Waals surface area contributed by atoms with Gasteiger partial charge in [0.05, 0.1) is 18.3 Å². The summed E-state index contributed by atoms with van der Waals surface area (Å²) in [6.45, 7) is 8.83. The molecular formula is C16H23NO2. The fourth-order valence-electron chi connectivity index (χ4n) is 1.77. The molecule has 0 aliphatic rings. The van der Waals surface area contributed by atoms with E-state index >= 15 is 0 Å². The van der Waals surface area contributed by atoms with Crippen LogP contribution in [0.25, 0.3) is 10.9 Å². The molecule has 2 rings (SSSR count). The highest BCUT2D eigenvalue weighted by molar-refractivity contribution is 5.85. The lowest BCUT2D eigenvalue weighted by Gasteiger charge is -2.10. The molecule has 0 aliphatic carbocycles. The van der Waals surface area contributed by atoms with E-state index in [4.69, 9.17) is 4.74 Å². The Labute approximate surface area is 115 Å². The van der Waals surface area contributed by atoms with E-state index in [2.05, 4.69) is 11.9 Å². The molecule has 1 aromatic heterocycles. The van der Waals surface area contributed by atoms with Crippen molar-refractivity contribution < 1.29 is 9.84 Å². The second-order valence-corrected chi connectivity index (χ2v) is 4.15. The molecule has 0 saturated heterocycles. The molecular weight excluding hydrogens is 238 g/mol. The second kappa shape index (κ2) is 7.62. The number of aromatic hydroxyl groups is 1. The molecule has 0 saturated carbocycles. The second-order valence-electron chi connectivity index (χ2n) is 4.15. The number of phenols is 1. The van der Waals surface area contributed by atoms with Gasteiger partial charge >= 0.3 is 0 Å². The Morgan fingerprint density at radius 3 is 2.68 bits per heavy atom. The Bertz CT molecular complexity index is 523. The van der Waals surface area contributed by atoms with Gasteiger partial charge in [-0.15, -0.1) is 0 Å². The van der Waals surface area contributed by atoms with Crippen LogP contribution in [0.4, 0.5) is 0 Å². The van der Waals surface area contributed by atoms with Crippen LogP contribution in [0, 0.1) is 6.92 Å². The molecule has 19 heavy (non-hydrogen) atoms. The van der Waals surface area contributed by atoms with Gasteiger partial charge in [0.2, 0.25) is 0 Å². The molecule has 0 unspecified atom stereocenters. The van der Waals surface area contributed by atoms with Gasteiger partial charge in [-0.25, -0.2) is 0 Å². The number of aryl methyl sites for hydroxylation is 1. The SMILES string of the molecule is CC.CCCCOc1cnc2ccc(O)cc2c1C. The first-order valence-electron chi connectivity index (χ1n) is 6.93. The lowest BCUT2D eigenvalue weighted by atomic mass is 10.1. The third-order valence-corrected chi connectivity index (χ3v) is 2.83. The molecule has 2 aromatic rings. The summed E-state index contributed by atoms with van der Waals surface area (Å²) in [4.78, 5) is 4.33. The molecule has 3 heteroatoms. The quantitative estimate of drug-likeness (QED) is 0.826. The van der Waals surface area contributed by atoms with Crippen LogP contribution in [0.15, 0.2) is 24.4 Å². The van der Waals surface area contributed by atoms with Gasteiger partial charge in [-0.1, -0.05) is 27.2 Å². The van der Waals surface area contributed by atoms with Crippen LogP contribution in [-0.2, 0) is 0 Å². The highest BCUT2D eigenvalue weighted by Gasteiger charge is 2.06. The summed E-state index contributed by atoms with van der Waals surface area (Å²) in [6.07, 6.45) is 3.91. The molecule has 3 nitrogen and oxygen atoms in total. The van der Waals surface area contributed by atoms with E-state index in [1.54, 1.807) is 18.3 Å². The number of unbranched alkanes of at least 4 members (excludes halogenated alkanes) is 1. The van der Waals surface area contributed by atoms with E-state index in [0.29, 0.717) is 6.61 Å². The van der Waals surface area contributed by atoms with E-state index in [-0.39, 0.29) is 5.75 Å². The molecule has 0 atom stereocenters. The molecule has 0 spiro atoms. The van der Waals surface area contributed by atoms with Gasteiger partial charge in [0.25, 0.3) is 0 Å². The number of hydrogen-bond donors (Lipinski definition) is 1. The predicted octanol–water partition coefficient (Wildman–Crippen LogP) is 4.45. The first kappa shape index (κ1) is 15.3. The number of phenolic OH excluding ortho intramolecular Hbond substituents is 1. The van der Waals surface area contributed by atoms with Gasteiger partial charge in [0, 0.05) is 10.9 Å². The van der Waals surface area contributed by atoms with Crippen LogP contribution in [-0.4, -0.2) is 16.7 Å². The van der Waals surface area contributed by atoms with Crippen molar-refractivity contribution in [2.45, 2.75) is 40.5 Å². The summed E-state index contributed by atoms with van der Waals surface area (Å²) < 4.78 is 5.68. The van der Waals surface area contributed by atoms with Gasteiger partial charge in [-0.05, 0) is 31.5 Å². The Kier molecular flexibility index (Phi) is 6.13. The van der Waals surface area contributed by atoms with Gasteiger partial charge in [0.15, 0.2) is 0 Å².